The van der Waals surface area contributed by atoms with Crippen molar-refractivity contribution >= 4 is 11.5 Å². The van der Waals surface area contributed by atoms with Crippen LogP contribution in [-0.2, 0) is 4.74 Å². The van der Waals surface area contributed by atoms with Gasteiger partial charge >= 0.3 is 0 Å². The number of methoxy groups -OCH3 is 1. The van der Waals surface area contributed by atoms with Crippen molar-refractivity contribution in [1.82, 2.24) is 14.6 Å². The average Bonchev–Trinajstić information content (AvgIpc) is 2.88. The molecule has 2 heterocycles. The van der Waals surface area contributed by atoms with Gasteiger partial charge in [-0.25, -0.2) is 4.98 Å². The summed E-state index contributed by atoms with van der Waals surface area (Å²) in [6.45, 7) is 2.19. The molecule has 102 valence electrons. The SMILES string of the molecule is COC1(C)CCC(c2cc(N)n3nccc3n2)CC1. The van der Waals surface area contributed by atoms with E-state index in [0.717, 1.165) is 37.0 Å². The minimum Gasteiger partial charge on any atom is -0.384 e. The Labute approximate surface area is 112 Å². The zero-order valence-corrected chi connectivity index (χ0v) is 11.5. The smallest absolute Gasteiger partial charge is 0.157 e. The highest BCUT2D eigenvalue weighted by atomic mass is 16.5. The predicted molar refractivity (Wildman–Crippen MR) is 74.0 cm³/mol. The molecule has 2 aromatic rings. The Morgan fingerprint density at radius 2 is 2.16 bits per heavy atom. The summed E-state index contributed by atoms with van der Waals surface area (Å²) in [4.78, 5) is 4.67. The molecule has 0 radical (unpaired) electrons. The lowest BCUT2D eigenvalue weighted by atomic mass is 9.78. The maximum Gasteiger partial charge on any atom is 0.157 e. The molecule has 1 aliphatic rings. The first-order chi connectivity index (χ1) is 9.11. The van der Waals surface area contributed by atoms with Gasteiger partial charge in [-0.3, -0.25) is 0 Å². The van der Waals surface area contributed by atoms with Gasteiger partial charge in [0.25, 0.3) is 0 Å². The topological polar surface area (TPSA) is 65.4 Å². The largest absolute Gasteiger partial charge is 0.384 e. The third-order valence-electron chi connectivity index (χ3n) is 4.36. The van der Waals surface area contributed by atoms with Crippen molar-refractivity contribution in [3.63, 3.8) is 0 Å². The standard InChI is InChI=1S/C14H20N4O/c1-14(19-2)6-3-10(4-7-14)11-9-12(15)18-13(17-11)5-8-16-18/h5,8-10H,3-4,6-7,15H2,1-2H3. The number of ether oxygens (including phenoxy) is 1. The van der Waals surface area contributed by atoms with Crippen LogP contribution in [0.25, 0.3) is 5.65 Å². The molecular formula is C14H20N4O. The zero-order valence-electron chi connectivity index (χ0n) is 11.5. The molecule has 3 rings (SSSR count). The number of nitrogen functional groups attached to an aromatic ring is 1. The minimum absolute atomic E-state index is 0.0305. The van der Waals surface area contributed by atoms with Crippen molar-refractivity contribution in [2.45, 2.75) is 44.1 Å². The zero-order chi connectivity index (χ0) is 13.5. The van der Waals surface area contributed by atoms with E-state index in [9.17, 15) is 0 Å². The van der Waals surface area contributed by atoms with Crippen LogP contribution in [0.15, 0.2) is 18.3 Å². The van der Waals surface area contributed by atoms with E-state index in [4.69, 9.17) is 10.5 Å². The minimum atomic E-state index is 0.0305. The Hall–Kier alpha value is -1.62. The molecule has 1 fully saturated rings. The van der Waals surface area contributed by atoms with Crippen LogP contribution in [0.5, 0.6) is 0 Å². The number of nitrogens with zero attached hydrogens (tertiary/aromatic N) is 3. The highest BCUT2D eigenvalue weighted by Gasteiger charge is 2.32. The quantitative estimate of drug-likeness (QED) is 0.900. The molecule has 0 saturated heterocycles. The van der Waals surface area contributed by atoms with Crippen molar-refractivity contribution in [3.8, 4) is 0 Å². The molecule has 0 bridgehead atoms. The van der Waals surface area contributed by atoms with Crippen molar-refractivity contribution < 1.29 is 4.74 Å². The Balaban J connectivity index is 1.85. The number of anilines is 1. The first-order valence-electron chi connectivity index (χ1n) is 6.77. The summed E-state index contributed by atoms with van der Waals surface area (Å²) in [5, 5.41) is 4.15. The highest BCUT2D eigenvalue weighted by Crippen LogP contribution is 2.39. The number of rotatable bonds is 2. The van der Waals surface area contributed by atoms with Crippen molar-refractivity contribution in [1.29, 1.82) is 0 Å². The van der Waals surface area contributed by atoms with Gasteiger partial charge in [0.1, 0.15) is 5.82 Å². The molecule has 2 aromatic heterocycles. The van der Waals surface area contributed by atoms with Gasteiger partial charge in [-0.2, -0.15) is 9.61 Å². The van der Waals surface area contributed by atoms with Gasteiger partial charge in [0.2, 0.25) is 0 Å². The second-order valence-corrected chi connectivity index (χ2v) is 5.64. The van der Waals surface area contributed by atoms with Crippen LogP contribution in [-0.4, -0.2) is 27.3 Å². The van der Waals surface area contributed by atoms with Crippen LogP contribution in [0.4, 0.5) is 5.82 Å². The lowest BCUT2D eigenvalue weighted by Crippen LogP contribution is -2.32. The van der Waals surface area contributed by atoms with E-state index in [2.05, 4.69) is 17.0 Å². The molecule has 1 saturated carbocycles. The Morgan fingerprint density at radius 1 is 1.42 bits per heavy atom. The van der Waals surface area contributed by atoms with Crippen LogP contribution in [0.3, 0.4) is 0 Å². The van der Waals surface area contributed by atoms with Crippen LogP contribution in [0.1, 0.15) is 44.2 Å². The third kappa shape index (κ3) is 2.18. The fraction of sp³-hybridized carbons (Fsp3) is 0.571. The molecular weight excluding hydrogens is 240 g/mol. The van der Waals surface area contributed by atoms with E-state index in [1.165, 1.54) is 0 Å². The second kappa shape index (κ2) is 4.49. The van der Waals surface area contributed by atoms with Gasteiger partial charge in [-0.05, 0) is 32.6 Å². The summed E-state index contributed by atoms with van der Waals surface area (Å²) in [6, 6.07) is 3.85. The van der Waals surface area contributed by atoms with E-state index < -0.39 is 0 Å². The predicted octanol–water partition coefficient (Wildman–Crippen LogP) is 2.37. The highest BCUT2D eigenvalue weighted by molar-refractivity contribution is 5.47. The van der Waals surface area contributed by atoms with Crippen LogP contribution < -0.4 is 5.73 Å². The van der Waals surface area contributed by atoms with Crippen molar-refractivity contribution in [3.05, 3.63) is 24.0 Å². The molecule has 2 N–H and O–H groups in total. The molecule has 0 unspecified atom stereocenters. The van der Waals surface area contributed by atoms with Crippen molar-refractivity contribution in [2.24, 2.45) is 0 Å². The van der Waals surface area contributed by atoms with Crippen LogP contribution in [0.2, 0.25) is 0 Å². The van der Waals surface area contributed by atoms with Crippen LogP contribution in [0, 0.1) is 0 Å². The molecule has 0 amide bonds. The van der Waals surface area contributed by atoms with E-state index in [1.54, 1.807) is 17.8 Å². The Morgan fingerprint density at radius 3 is 2.84 bits per heavy atom. The Bertz CT molecular complexity index is 584. The summed E-state index contributed by atoms with van der Waals surface area (Å²) in [5.74, 6) is 1.13. The summed E-state index contributed by atoms with van der Waals surface area (Å²) in [7, 11) is 1.80. The first kappa shape index (κ1) is 12.4. The molecule has 5 nitrogen and oxygen atoms in total. The fourth-order valence-electron chi connectivity index (χ4n) is 2.89. The number of hydrogen-bond acceptors (Lipinski definition) is 4. The number of nitrogens with two attached hydrogens (primary N) is 1. The molecule has 5 heteroatoms. The lowest BCUT2D eigenvalue weighted by Gasteiger charge is -2.36. The first-order valence-corrected chi connectivity index (χ1v) is 6.77. The summed E-state index contributed by atoms with van der Waals surface area (Å²) in [6.07, 6.45) is 6.06. The maximum absolute atomic E-state index is 6.02. The maximum atomic E-state index is 6.02. The molecule has 0 spiro atoms. The van der Waals surface area contributed by atoms with Crippen molar-refractivity contribution in [2.75, 3.05) is 12.8 Å². The molecule has 0 atom stereocenters. The fourth-order valence-corrected chi connectivity index (χ4v) is 2.89. The molecule has 1 aliphatic carbocycles. The summed E-state index contributed by atoms with van der Waals surface area (Å²) < 4.78 is 7.26. The number of aromatic nitrogens is 3. The van der Waals surface area contributed by atoms with Gasteiger partial charge in [0.05, 0.1) is 11.8 Å². The van der Waals surface area contributed by atoms with E-state index in [-0.39, 0.29) is 5.60 Å². The lowest BCUT2D eigenvalue weighted by molar-refractivity contribution is -0.0273. The monoisotopic (exact) mass is 260 g/mol. The van der Waals surface area contributed by atoms with Gasteiger partial charge < -0.3 is 10.5 Å². The normalized spacial score (nSPS) is 27.8. The van der Waals surface area contributed by atoms with Gasteiger partial charge in [-0.15, -0.1) is 0 Å². The van der Waals surface area contributed by atoms with E-state index in [1.807, 2.05) is 12.1 Å². The van der Waals surface area contributed by atoms with Gasteiger partial charge in [-0.1, -0.05) is 0 Å². The Kier molecular flexibility index (Phi) is 2.93. The van der Waals surface area contributed by atoms with E-state index >= 15 is 0 Å². The van der Waals surface area contributed by atoms with Gasteiger partial charge in [0.15, 0.2) is 5.65 Å². The molecule has 19 heavy (non-hydrogen) atoms. The summed E-state index contributed by atoms with van der Waals surface area (Å²) >= 11 is 0. The molecule has 0 aromatic carbocycles. The van der Waals surface area contributed by atoms with E-state index in [0.29, 0.717) is 11.7 Å². The molecule has 0 aliphatic heterocycles. The van der Waals surface area contributed by atoms with Crippen LogP contribution >= 0.6 is 0 Å². The second-order valence-electron chi connectivity index (χ2n) is 5.64. The van der Waals surface area contributed by atoms with Gasteiger partial charge in [0, 0.05) is 30.9 Å². The third-order valence-corrected chi connectivity index (χ3v) is 4.36. The number of hydrogen-bond donors (Lipinski definition) is 1. The number of fused-ring (bicyclic) bond motifs is 1. The summed E-state index contributed by atoms with van der Waals surface area (Å²) in [5.41, 5.74) is 7.97. The average molecular weight is 260 g/mol.